The van der Waals surface area contributed by atoms with Gasteiger partial charge in [-0.1, -0.05) is 5.16 Å². The van der Waals surface area contributed by atoms with Gasteiger partial charge in [0.05, 0.1) is 5.56 Å². The maximum atomic E-state index is 11.1. The Labute approximate surface area is 70.4 Å². The number of aromatic amines is 2. The summed E-state index contributed by atoms with van der Waals surface area (Å²) in [6.45, 7) is 0. The molecule has 7 nitrogen and oxygen atoms in total. The second-order valence-electron chi connectivity index (χ2n) is 2.24. The molecule has 0 aliphatic carbocycles. The lowest BCUT2D eigenvalue weighted by molar-refractivity contribution is 0.388. The lowest BCUT2D eigenvalue weighted by Gasteiger charge is -1.89. The van der Waals surface area contributed by atoms with E-state index in [1.165, 1.54) is 12.3 Å². The summed E-state index contributed by atoms with van der Waals surface area (Å²) in [5, 5.41) is 9.04. The van der Waals surface area contributed by atoms with Gasteiger partial charge in [0, 0.05) is 6.20 Å². The van der Waals surface area contributed by atoms with Crippen molar-refractivity contribution in [3.05, 3.63) is 33.2 Å². The topological polar surface area (TPSA) is 105 Å². The van der Waals surface area contributed by atoms with Crippen LogP contribution in [0, 0.1) is 0 Å². The SMILES string of the molecule is O=c1[nH]c(-c2ccn[nH]c2=O)no1. The highest BCUT2D eigenvalue weighted by Crippen LogP contribution is 2.03. The Kier molecular flexibility index (Phi) is 1.55. The van der Waals surface area contributed by atoms with Crippen molar-refractivity contribution in [1.29, 1.82) is 0 Å². The predicted molar refractivity (Wildman–Crippen MR) is 41.0 cm³/mol. The van der Waals surface area contributed by atoms with Crippen molar-refractivity contribution in [1.82, 2.24) is 20.3 Å². The number of H-pyrrole nitrogens is 2. The normalized spacial score (nSPS) is 10.2. The zero-order valence-electron chi connectivity index (χ0n) is 6.27. The molecule has 0 aliphatic heterocycles. The predicted octanol–water partition coefficient (Wildman–Crippen LogP) is -0.887. The Morgan fingerprint density at radius 1 is 1.38 bits per heavy atom. The van der Waals surface area contributed by atoms with Gasteiger partial charge in [-0.25, -0.2) is 9.89 Å². The minimum atomic E-state index is -0.703. The zero-order chi connectivity index (χ0) is 9.26. The first kappa shape index (κ1) is 7.47. The molecule has 2 aromatic rings. The Morgan fingerprint density at radius 3 is 2.85 bits per heavy atom. The van der Waals surface area contributed by atoms with E-state index in [9.17, 15) is 9.59 Å². The van der Waals surface area contributed by atoms with Crippen LogP contribution >= 0.6 is 0 Å². The van der Waals surface area contributed by atoms with Crippen LogP contribution in [0.3, 0.4) is 0 Å². The summed E-state index contributed by atoms with van der Waals surface area (Å²) in [4.78, 5) is 23.9. The van der Waals surface area contributed by atoms with Gasteiger partial charge < -0.3 is 0 Å². The highest BCUT2D eigenvalue weighted by molar-refractivity contribution is 5.50. The Bertz CT molecular complexity index is 523. The smallest absolute Gasteiger partial charge is 0.296 e. The van der Waals surface area contributed by atoms with Gasteiger partial charge in [-0.15, -0.1) is 0 Å². The molecule has 0 saturated heterocycles. The monoisotopic (exact) mass is 180 g/mol. The van der Waals surface area contributed by atoms with E-state index in [0.717, 1.165) is 0 Å². The molecule has 0 amide bonds. The lowest BCUT2D eigenvalue weighted by Crippen LogP contribution is -2.10. The Morgan fingerprint density at radius 2 is 2.23 bits per heavy atom. The molecular weight excluding hydrogens is 176 g/mol. The van der Waals surface area contributed by atoms with E-state index >= 15 is 0 Å². The van der Waals surface area contributed by atoms with Crippen LogP contribution in [0.25, 0.3) is 11.4 Å². The molecule has 0 radical (unpaired) electrons. The molecule has 2 rings (SSSR count). The molecule has 66 valence electrons. The molecule has 0 bridgehead atoms. The highest BCUT2D eigenvalue weighted by Gasteiger charge is 2.07. The van der Waals surface area contributed by atoms with Gasteiger partial charge in [0.1, 0.15) is 0 Å². The van der Waals surface area contributed by atoms with Crippen molar-refractivity contribution in [3.8, 4) is 11.4 Å². The van der Waals surface area contributed by atoms with E-state index in [2.05, 4.69) is 24.9 Å². The van der Waals surface area contributed by atoms with Crippen molar-refractivity contribution in [3.63, 3.8) is 0 Å². The molecule has 2 heterocycles. The summed E-state index contributed by atoms with van der Waals surface area (Å²) in [6, 6.07) is 1.42. The molecule has 13 heavy (non-hydrogen) atoms. The number of rotatable bonds is 1. The van der Waals surface area contributed by atoms with E-state index in [0.29, 0.717) is 0 Å². The molecular formula is C6H4N4O3. The molecule has 0 fully saturated rings. The van der Waals surface area contributed by atoms with Crippen LogP contribution in [0.15, 0.2) is 26.4 Å². The molecule has 0 unspecified atom stereocenters. The minimum Gasteiger partial charge on any atom is -0.296 e. The largest absolute Gasteiger partial charge is 0.439 e. The van der Waals surface area contributed by atoms with Crippen molar-refractivity contribution in [2.24, 2.45) is 0 Å². The van der Waals surface area contributed by atoms with Gasteiger partial charge in [0.15, 0.2) is 5.82 Å². The lowest BCUT2D eigenvalue weighted by atomic mass is 10.3. The van der Waals surface area contributed by atoms with Crippen LogP contribution in [0.1, 0.15) is 0 Å². The maximum absolute atomic E-state index is 11.1. The van der Waals surface area contributed by atoms with Gasteiger partial charge in [0.2, 0.25) is 0 Å². The van der Waals surface area contributed by atoms with Crippen LogP contribution in [-0.4, -0.2) is 20.3 Å². The van der Waals surface area contributed by atoms with E-state index in [1.807, 2.05) is 0 Å². The van der Waals surface area contributed by atoms with Crippen molar-refractivity contribution in [2.75, 3.05) is 0 Å². The third-order valence-electron chi connectivity index (χ3n) is 1.42. The van der Waals surface area contributed by atoms with Crippen LogP contribution in [0.5, 0.6) is 0 Å². The van der Waals surface area contributed by atoms with Crippen molar-refractivity contribution >= 4 is 0 Å². The van der Waals surface area contributed by atoms with Crippen molar-refractivity contribution < 1.29 is 4.52 Å². The average molecular weight is 180 g/mol. The second-order valence-corrected chi connectivity index (χ2v) is 2.24. The van der Waals surface area contributed by atoms with Crippen LogP contribution in [0.4, 0.5) is 0 Å². The minimum absolute atomic E-state index is 0.0913. The Balaban J connectivity index is 2.65. The number of hydrogen-bond donors (Lipinski definition) is 2. The quantitative estimate of drug-likeness (QED) is 0.592. The van der Waals surface area contributed by atoms with Crippen molar-refractivity contribution in [2.45, 2.75) is 0 Å². The highest BCUT2D eigenvalue weighted by atomic mass is 16.5. The number of hydrogen-bond acceptors (Lipinski definition) is 5. The van der Waals surface area contributed by atoms with E-state index in [1.54, 1.807) is 0 Å². The van der Waals surface area contributed by atoms with Crippen LogP contribution < -0.4 is 11.3 Å². The fourth-order valence-electron chi connectivity index (χ4n) is 0.876. The molecule has 2 N–H and O–H groups in total. The first-order valence-electron chi connectivity index (χ1n) is 3.37. The van der Waals surface area contributed by atoms with E-state index in [4.69, 9.17) is 0 Å². The van der Waals surface area contributed by atoms with Gasteiger partial charge in [-0.3, -0.25) is 14.3 Å². The fourth-order valence-corrected chi connectivity index (χ4v) is 0.876. The molecule has 0 atom stereocenters. The molecule has 0 saturated carbocycles. The van der Waals surface area contributed by atoms with Gasteiger partial charge in [-0.05, 0) is 6.07 Å². The second kappa shape index (κ2) is 2.70. The van der Waals surface area contributed by atoms with E-state index < -0.39 is 11.3 Å². The summed E-state index contributed by atoms with van der Waals surface area (Å²) >= 11 is 0. The fraction of sp³-hybridized carbons (Fsp3) is 0. The summed E-state index contributed by atoms with van der Waals surface area (Å²) in [5.74, 6) is -0.611. The molecule has 0 aliphatic rings. The van der Waals surface area contributed by atoms with Gasteiger partial charge >= 0.3 is 5.76 Å². The average Bonchev–Trinajstić information content (AvgIpc) is 2.53. The third kappa shape index (κ3) is 1.26. The van der Waals surface area contributed by atoms with Gasteiger partial charge in [0.25, 0.3) is 5.56 Å². The molecule has 0 spiro atoms. The van der Waals surface area contributed by atoms with Crippen LogP contribution in [-0.2, 0) is 0 Å². The molecule has 0 aromatic carbocycles. The first-order valence-corrected chi connectivity index (χ1v) is 3.37. The van der Waals surface area contributed by atoms with Gasteiger partial charge in [-0.2, -0.15) is 5.10 Å². The summed E-state index contributed by atoms with van der Waals surface area (Å²) in [5.41, 5.74) is -0.229. The number of nitrogens with zero attached hydrogens (tertiary/aromatic N) is 2. The Hall–Kier alpha value is -2.18. The summed E-state index contributed by atoms with van der Waals surface area (Å²) in [6.07, 6.45) is 1.38. The van der Waals surface area contributed by atoms with Crippen LogP contribution in [0.2, 0.25) is 0 Å². The standard InChI is InChI=1S/C6H4N4O3/c11-5-3(1-2-7-9-5)4-8-6(12)13-10-4/h1-2H,(H,9,11)(H,8,10,12). The maximum Gasteiger partial charge on any atom is 0.439 e. The first-order chi connectivity index (χ1) is 6.27. The summed E-state index contributed by atoms with van der Waals surface area (Å²) in [7, 11) is 0. The molecule has 2 aromatic heterocycles. The number of nitrogens with one attached hydrogen (secondary N) is 2. The molecule has 7 heteroatoms. The zero-order valence-corrected chi connectivity index (χ0v) is 6.27. The third-order valence-corrected chi connectivity index (χ3v) is 1.42. The summed E-state index contributed by atoms with van der Waals surface area (Å²) < 4.78 is 4.24. The van der Waals surface area contributed by atoms with E-state index in [-0.39, 0.29) is 11.4 Å². The number of aromatic nitrogens is 4.